The Hall–Kier alpha value is -2.28. The molecule has 1 aliphatic rings. The van der Waals surface area contributed by atoms with Crippen LogP contribution in [0.4, 0.5) is 4.39 Å². The van der Waals surface area contributed by atoms with Crippen molar-refractivity contribution in [2.75, 3.05) is 19.6 Å². The normalized spacial score (nSPS) is 16.6. The van der Waals surface area contributed by atoms with Crippen LogP contribution in [0.3, 0.4) is 0 Å². The van der Waals surface area contributed by atoms with Gasteiger partial charge in [-0.25, -0.2) is 9.02 Å². The molecule has 2 heterocycles. The zero-order chi connectivity index (χ0) is 17.6. The molecule has 2 aromatic rings. The van der Waals surface area contributed by atoms with Gasteiger partial charge in [-0.05, 0) is 50.6 Å². The van der Waals surface area contributed by atoms with Crippen LogP contribution in [0.25, 0.3) is 0 Å². The molecule has 3 rings (SSSR count). The van der Waals surface area contributed by atoms with E-state index in [1.54, 1.807) is 19.1 Å². The average molecular weight is 346 g/mol. The average Bonchev–Trinajstić information content (AvgIpc) is 3.02. The molecular weight excluding hydrogens is 323 g/mol. The van der Waals surface area contributed by atoms with E-state index in [0.29, 0.717) is 17.9 Å². The number of aromatic nitrogens is 2. The molecule has 1 aliphatic heterocycles. The van der Waals surface area contributed by atoms with Crippen molar-refractivity contribution >= 4 is 5.91 Å². The number of nitrogens with one attached hydrogen (secondary N) is 1. The fourth-order valence-corrected chi connectivity index (χ4v) is 3.21. The lowest BCUT2D eigenvalue weighted by molar-refractivity contribution is -0.120. The maximum Gasteiger partial charge on any atom is 0.226 e. The summed E-state index contributed by atoms with van der Waals surface area (Å²) in [7, 11) is 0. The molecule has 0 radical (unpaired) electrons. The second-order valence-electron chi connectivity index (χ2n) is 6.44. The van der Waals surface area contributed by atoms with E-state index in [0.717, 1.165) is 31.5 Å². The van der Waals surface area contributed by atoms with Gasteiger partial charge in [-0.1, -0.05) is 28.9 Å². The van der Waals surface area contributed by atoms with Crippen LogP contribution in [-0.4, -0.2) is 40.8 Å². The maximum atomic E-state index is 13.3. The first-order chi connectivity index (χ1) is 12.1. The van der Waals surface area contributed by atoms with Gasteiger partial charge in [0, 0.05) is 6.54 Å². The molecule has 1 aromatic carbocycles. The molecule has 1 atom stereocenters. The van der Waals surface area contributed by atoms with E-state index >= 15 is 0 Å². The maximum absolute atomic E-state index is 13.3. The Morgan fingerprint density at radius 3 is 2.60 bits per heavy atom. The van der Waals surface area contributed by atoms with E-state index in [2.05, 4.69) is 25.2 Å². The number of halogens is 1. The second-order valence-corrected chi connectivity index (χ2v) is 6.44. The van der Waals surface area contributed by atoms with Gasteiger partial charge < -0.3 is 5.32 Å². The van der Waals surface area contributed by atoms with Crippen LogP contribution in [0.1, 0.15) is 42.3 Å². The van der Waals surface area contributed by atoms with Crippen molar-refractivity contribution in [1.82, 2.24) is 20.5 Å². The topological polar surface area (TPSA) is 71.3 Å². The van der Waals surface area contributed by atoms with E-state index in [-0.39, 0.29) is 24.2 Å². The molecule has 0 bridgehead atoms. The minimum absolute atomic E-state index is 0.0429. The number of amides is 1. The van der Waals surface area contributed by atoms with Gasteiger partial charge in [0.15, 0.2) is 0 Å². The standard InChI is InChI=1S/C18H23FN4O2/c1-13-16(22-25-21-13)11-18(24)20-12-17(23-9-3-2-4-10-23)14-5-7-15(19)8-6-14/h5-8,17H,2-4,9-12H2,1H3,(H,20,24)/t17-/m0/s1. The molecule has 7 heteroatoms. The van der Waals surface area contributed by atoms with E-state index in [9.17, 15) is 9.18 Å². The molecule has 0 aliphatic carbocycles. The molecule has 134 valence electrons. The molecule has 0 unspecified atom stereocenters. The number of hydrogen-bond donors (Lipinski definition) is 1. The molecule has 1 aromatic heterocycles. The van der Waals surface area contributed by atoms with E-state index in [1.165, 1.54) is 18.6 Å². The highest BCUT2D eigenvalue weighted by molar-refractivity contribution is 5.78. The van der Waals surface area contributed by atoms with Crippen LogP contribution in [0, 0.1) is 12.7 Å². The number of piperidine rings is 1. The number of carbonyl (C=O) groups excluding carboxylic acids is 1. The molecule has 0 saturated carbocycles. The highest BCUT2D eigenvalue weighted by atomic mass is 19.1. The Morgan fingerprint density at radius 1 is 1.24 bits per heavy atom. The Labute approximate surface area is 146 Å². The largest absolute Gasteiger partial charge is 0.354 e. The minimum atomic E-state index is -0.251. The fraction of sp³-hybridized carbons (Fsp3) is 0.500. The lowest BCUT2D eigenvalue weighted by Crippen LogP contribution is -2.41. The highest BCUT2D eigenvalue weighted by Gasteiger charge is 2.23. The summed E-state index contributed by atoms with van der Waals surface area (Å²) in [6.45, 7) is 4.22. The summed E-state index contributed by atoms with van der Waals surface area (Å²) in [5, 5.41) is 10.4. The molecule has 6 nitrogen and oxygen atoms in total. The van der Waals surface area contributed by atoms with Crippen molar-refractivity contribution < 1.29 is 13.8 Å². The van der Waals surface area contributed by atoms with Crippen molar-refractivity contribution in [3.8, 4) is 0 Å². The summed E-state index contributed by atoms with van der Waals surface area (Å²) < 4.78 is 17.9. The second kappa shape index (κ2) is 8.20. The Balaban J connectivity index is 1.65. The third-order valence-electron chi connectivity index (χ3n) is 4.65. The summed E-state index contributed by atoms with van der Waals surface area (Å²) in [5.41, 5.74) is 2.19. The van der Waals surface area contributed by atoms with Crippen LogP contribution >= 0.6 is 0 Å². The quantitative estimate of drug-likeness (QED) is 0.870. The molecule has 1 saturated heterocycles. The zero-order valence-electron chi connectivity index (χ0n) is 14.4. The summed E-state index contributed by atoms with van der Waals surface area (Å²) in [4.78, 5) is 14.6. The third kappa shape index (κ3) is 4.63. The minimum Gasteiger partial charge on any atom is -0.354 e. The number of hydrogen-bond acceptors (Lipinski definition) is 5. The Morgan fingerprint density at radius 2 is 1.96 bits per heavy atom. The highest BCUT2D eigenvalue weighted by Crippen LogP contribution is 2.24. The van der Waals surface area contributed by atoms with Crippen molar-refractivity contribution in [2.45, 2.75) is 38.6 Å². The number of carbonyl (C=O) groups is 1. The van der Waals surface area contributed by atoms with Crippen LogP contribution in [0.2, 0.25) is 0 Å². The first-order valence-corrected chi connectivity index (χ1v) is 8.68. The number of benzene rings is 1. The van der Waals surface area contributed by atoms with Crippen LogP contribution in [0.5, 0.6) is 0 Å². The summed E-state index contributed by atoms with van der Waals surface area (Å²) >= 11 is 0. The number of aryl methyl sites for hydroxylation is 1. The van der Waals surface area contributed by atoms with Gasteiger partial charge in [-0.2, -0.15) is 0 Å². The third-order valence-corrected chi connectivity index (χ3v) is 4.65. The zero-order valence-corrected chi connectivity index (χ0v) is 14.4. The molecule has 1 amide bonds. The van der Waals surface area contributed by atoms with Crippen LogP contribution in [0.15, 0.2) is 28.9 Å². The molecule has 0 spiro atoms. The van der Waals surface area contributed by atoms with Crippen LogP contribution < -0.4 is 5.32 Å². The molecule has 25 heavy (non-hydrogen) atoms. The van der Waals surface area contributed by atoms with Gasteiger partial charge in [0.05, 0.1) is 12.5 Å². The fourth-order valence-electron chi connectivity index (χ4n) is 3.21. The van der Waals surface area contributed by atoms with Gasteiger partial charge >= 0.3 is 0 Å². The number of nitrogens with zero attached hydrogens (tertiary/aromatic N) is 3. The van der Waals surface area contributed by atoms with Crippen molar-refractivity contribution in [3.63, 3.8) is 0 Å². The summed E-state index contributed by atoms with van der Waals surface area (Å²) in [5.74, 6) is -0.373. The summed E-state index contributed by atoms with van der Waals surface area (Å²) in [6.07, 6.45) is 3.67. The van der Waals surface area contributed by atoms with Crippen molar-refractivity contribution in [2.24, 2.45) is 0 Å². The van der Waals surface area contributed by atoms with Crippen molar-refractivity contribution in [1.29, 1.82) is 0 Å². The SMILES string of the molecule is Cc1nonc1CC(=O)NC[C@@H](c1ccc(F)cc1)N1CCCCC1. The van der Waals surface area contributed by atoms with Crippen molar-refractivity contribution in [3.05, 3.63) is 47.0 Å². The van der Waals surface area contributed by atoms with Gasteiger partial charge in [0.1, 0.15) is 17.2 Å². The Bertz CT molecular complexity index is 695. The molecular formula is C18H23FN4O2. The van der Waals surface area contributed by atoms with Gasteiger partial charge in [0.2, 0.25) is 5.91 Å². The lowest BCUT2D eigenvalue weighted by Gasteiger charge is -2.35. The Kier molecular flexibility index (Phi) is 5.75. The van der Waals surface area contributed by atoms with Gasteiger partial charge in [0.25, 0.3) is 0 Å². The number of rotatable bonds is 6. The van der Waals surface area contributed by atoms with E-state index in [4.69, 9.17) is 0 Å². The predicted molar refractivity (Wildman–Crippen MR) is 90.3 cm³/mol. The number of likely N-dealkylation sites (tertiary alicyclic amines) is 1. The lowest BCUT2D eigenvalue weighted by atomic mass is 10.0. The van der Waals surface area contributed by atoms with E-state index in [1.807, 2.05) is 0 Å². The molecule has 1 fully saturated rings. The van der Waals surface area contributed by atoms with E-state index < -0.39 is 0 Å². The predicted octanol–water partition coefficient (Wildman–Crippen LogP) is 2.40. The monoisotopic (exact) mass is 346 g/mol. The molecule has 1 N–H and O–H groups in total. The van der Waals surface area contributed by atoms with Crippen LogP contribution in [-0.2, 0) is 11.2 Å². The first kappa shape index (κ1) is 17.5. The smallest absolute Gasteiger partial charge is 0.226 e. The van der Waals surface area contributed by atoms with Gasteiger partial charge in [-0.3, -0.25) is 9.69 Å². The first-order valence-electron chi connectivity index (χ1n) is 8.68. The van der Waals surface area contributed by atoms with Gasteiger partial charge in [-0.15, -0.1) is 0 Å². The summed E-state index contributed by atoms with van der Waals surface area (Å²) in [6, 6.07) is 6.58.